The van der Waals surface area contributed by atoms with Crippen molar-refractivity contribution < 1.29 is 4.79 Å². The highest BCUT2D eigenvalue weighted by Gasteiger charge is 2.13. The number of nitrogens with one attached hydrogen (secondary N) is 1. The number of hydrogen-bond donors (Lipinski definition) is 1. The van der Waals surface area contributed by atoms with E-state index in [-0.39, 0.29) is 5.91 Å². The molecule has 2 rings (SSSR count). The average Bonchev–Trinajstić information content (AvgIpc) is 2.43. The van der Waals surface area contributed by atoms with Crippen LogP contribution < -0.4 is 10.2 Å². The van der Waals surface area contributed by atoms with Crippen molar-refractivity contribution in [1.29, 1.82) is 0 Å². The molecular formula is C15H18N4O. The van der Waals surface area contributed by atoms with Crippen LogP contribution in [-0.2, 0) is 0 Å². The van der Waals surface area contributed by atoms with E-state index in [9.17, 15) is 4.79 Å². The Labute approximate surface area is 118 Å². The molecular weight excluding hydrogens is 252 g/mol. The van der Waals surface area contributed by atoms with Crippen LogP contribution in [0.4, 0.5) is 11.6 Å². The molecule has 0 saturated carbocycles. The SMILES string of the molecule is Cc1nc(N(C)C)nc(C)c1NC(=O)c1ccccc1. The molecule has 20 heavy (non-hydrogen) atoms. The van der Waals surface area contributed by atoms with E-state index < -0.39 is 0 Å². The highest BCUT2D eigenvalue weighted by atomic mass is 16.1. The third-order valence-corrected chi connectivity index (χ3v) is 2.93. The summed E-state index contributed by atoms with van der Waals surface area (Å²) in [7, 11) is 3.77. The van der Waals surface area contributed by atoms with Crippen molar-refractivity contribution in [2.75, 3.05) is 24.3 Å². The van der Waals surface area contributed by atoms with Crippen molar-refractivity contribution in [2.45, 2.75) is 13.8 Å². The van der Waals surface area contributed by atoms with E-state index in [0.717, 1.165) is 11.4 Å². The summed E-state index contributed by atoms with van der Waals surface area (Å²) in [5.74, 6) is 0.482. The van der Waals surface area contributed by atoms with Gasteiger partial charge in [0.15, 0.2) is 0 Å². The first-order valence-corrected chi connectivity index (χ1v) is 6.38. The Morgan fingerprint density at radius 2 is 1.60 bits per heavy atom. The first-order chi connectivity index (χ1) is 9.49. The molecule has 0 spiro atoms. The second-order valence-electron chi connectivity index (χ2n) is 4.78. The van der Waals surface area contributed by atoms with Crippen molar-refractivity contribution in [3.8, 4) is 0 Å². The van der Waals surface area contributed by atoms with Crippen molar-refractivity contribution in [3.63, 3.8) is 0 Å². The van der Waals surface area contributed by atoms with Gasteiger partial charge < -0.3 is 10.2 Å². The number of benzene rings is 1. The Balaban J connectivity index is 2.28. The highest BCUT2D eigenvalue weighted by Crippen LogP contribution is 2.20. The Bertz CT molecular complexity index is 600. The predicted octanol–water partition coefficient (Wildman–Crippen LogP) is 2.41. The van der Waals surface area contributed by atoms with Gasteiger partial charge in [-0.15, -0.1) is 0 Å². The minimum Gasteiger partial charge on any atom is -0.347 e. The molecule has 0 aliphatic carbocycles. The monoisotopic (exact) mass is 270 g/mol. The molecule has 2 aromatic rings. The maximum atomic E-state index is 12.2. The molecule has 1 amide bonds. The normalized spacial score (nSPS) is 10.2. The molecule has 1 aromatic carbocycles. The van der Waals surface area contributed by atoms with Crippen LogP contribution in [0.25, 0.3) is 0 Å². The number of aryl methyl sites for hydroxylation is 2. The molecule has 0 unspecified atom stereocenters. The van der Waals surface area contributed by atoms with Crippen molar-refractivity contribution in [3.05, 3.63) is 47.3 Å². The van der Waals surface area contributed by atoms with Crippen LogP contribution in [0.15, 0.2) is 30.3 Å². The maximum absolute atomic E-state index is 12.2. The van der Waals surface area contributed by atoms with Crippen LogP contribution in [0.5, 0.6) is 0 Å². The Morgan fingerprint density at radius 3 is 2.10 bits per heavy atom. The van der Waals surface area contributed by atoms with Gasteiger partial charge in [-0.05, 0) is 26.0 Å². The molecule has 0 aliphatic heterocycles. The zero-order valence-electron chi connectivity index (χ0n) is 12.1. The second-order valence-corrected chi connectivity index (χ2v) is 4.78. The first kappa shape index (κ1) is 14.0. The number of hydrogen-bond acceptors (Lipinski definition) is 4. The summed E-state index contributed by atoms with van der Waals surface area (Å²) < 4.78 is 0. The standard InChI is InChI=1S/C15H18N4O/c1-10-13(11(2)17-15(16-10)19(3)4)18-14(20)12-8-6-5-7-9-12/h5-9H,1-4H3,(H,18,20). The van der Waals surface area contributed by atoms with Crippen molar-refractivity contribution in [1.82, 2.24) is 9.97 Å². The maximum Gasteiger partial charge on any atom is 0.255 e. The summed E-state index contributed by atoms with van der Waals surface area (Å²) in [5.41, 5.74) is 2.79. The number of anilines is 2. The van der Waals surface area contributed by atoms with E-state index in [0.29, 0.717) is 17.2 Å². The highest BCUT2D eigenvalue weighted by molar-refractivity contribution is 6.04. The fraction of sp³-hybridized carbons (Fsp3) is 0.267. The zero-order chi connectivity index (χ0) is 14.7. The molecule has 1 aromatic heterocycles. The molecule has 104 valence electrons. The van der Waals surface area contributed by atoms with E-state index in [1.165, 1.54) is 0 Å². The van der Waals surface area contributed by atoms with Crippen molar-refractivity contribution in [2.24, 2.45) is 0 Å². The minimum atomic E-state index is -0.155. The number of carbonyl (C=O) groups is 1. The number of aromatic nitrogens is 2. The Kier molecular flexibility index (Phi) is 3.98. The lowest BCUT2D eigenvalue weighted by Gasteiger charge is -2.15. The van der Waals surface area contributed by atoms with E-state index >= 15 is 0 Å². The zero-order valence-corrected chi connectivity index (χ0v) is 12.1. The van der Waals surface area contributed by atoms with Gasteiger partial charge in [-0.1, -0.05) is 18.2 Å². The minimum absolute atomic E-state index is 0.155. The number of rotatable bonds is 3. The van der Waals surface area contributed by atoms with Crippen molar-refractivity contribution >= 4 is 17.5 Å². The second kappa shape index (κ2) is 5.69. The van der Waals surface area contributed by atoms with Gasteiger partial charge in [0.25, 0.3) is 5.91 Å². The summed E-state index contributed by atoms with van der Waals surface area (Å²) in [6, 6.07) is 9.09. The molecule has 0 aliphatic rings. The predicted molar refractivity (Wildman–Crippen MR) is 80.2 cm³/mol. The van der Waals surface area contributed by atoms with Gasteiger partial charge >= 0.3 is 0 Å². The summed E-state index contributed by atoms with van der Waals surface area (Å²) in [5, 5.41) is 2.88. The van der Waals surface area contributed by atoms with Crippen LogP contribution in [-0.4, -0.2) is 30.0 Å². The Morgan fingerprint density at radius 1 is 1.05 bits per heavy atom. The van der Waals surface area contributed by atoms with Gasteiger partial charge in [0.1, 0.15) is 0 Å². The molecule has 0 fully saturated rings. The molecule has 1 heterocycles. The fourth-order valence-electron chi connectivity index (χ4n) is 1.85. The number of nitrogens with zero attached hydrogens (tertiary/aromatic N) is 3. The van der Waals surface area contributed by atoms with E-state index in [2.05, 4.69) is 15.3 Å². The van der Waals surface area contributed by atoms with E-state index in [1.54, 1.807) is 12.1 Å². The third-order valence-electron chi connectivity index (χ3n) is 2.93. The van der Waals surface area contributed by atoms with E-state index in [4.69, 9.17) is 0 Å². The quantitative estimate of drug-likeness (QED) is 0.930. The van der Waals surface area contributed by atoms with Gasteiger partial charge in [0, 0.05) is 19.7 Å². The average molecular weight is 270 g/mol. The summed E-state index contributed by atoms with van der Waals surface area (Å²) in [6.07, 6.45) is 0. The lowest BCUT2D eigenvalue weighted by atomic mass is 10.2. The molecule has 0 bridgehead atoms. The van der Waals surface area contributed by atoms with Crippen LogP contribution >= 0.6 is 0 Å². The van der Waals surface area contributed by atoms with Crippen LogP contribution in [0.2, 0.25) is 0 Å². The number of carbonyl (C=O) groups excluding carboxylic acids is 1. The lowest BCUT2D eigenvalue weighted by molar-refractivity contribution is 0.102. The summed E-state index contributed by atoms with van der Waals surface area (Å²) in [6.45, 7) is 3.73. The summed E-state index contributed by atoms with van der Waals surface area (Å²) >= 11 is 0. The van der Waals surface area contributed by atoms with Gasteiger partial charge in [0.05, 0.1) is 17.1 Å². The molecule has 0 atom stereocenters. The Hall–Kier alpha value is -2.43. The van der Waals surface area contributed by atoms with Gasteiger partial charge in [-0.2, -0.15) is 0 Å². The van der Waals surface area contributed by atoms with Gasteiger partial charge in [0.2, 0.25) is 5.95 Å². The number of amides is 1. The lowest BCUT2D eigenvalue weighted by Crippen LogP contribution is -2.18. The van der Waals surface area contributed by atoms with Gasteiger partial charge in [-0.25, -0.2) is 9.97 Å². The molecule has 0 radical (unpaired) electrons. The topological polar surface area (TPSA) is 58.1 Å². The fourth-order valence-corrected chi connectivity index (χ4v) is 1.85. The smallest absolute Gasteiger partial charge is 0.255 e. The van der Waals surface area contributed by atoms with E-state index in [1.807, 2.05) is 51.0 Å². The molecule has 5 heteroatoms. The van der Waals surface area contributed by atoms with Crippen LogP contribution in [0.1, 0.15) is 21.7 Å². The molecule has 5 nitrogen and oxygen atoms in total. The largest absolute Gasteiger partial charge is 0.347 e. The molecule has 1 N–H and O–H groups in total. The summed E-state index contributed by atoms with van der Waals surface area (Å²) in [4.78, 5) is 22.8. The first-order valence-electron chi connectivity index (χ1n) is 6.38. The van der Waals surface area contributed by atoms with Crippen LogP contribution in [0, 0.1) is 13.8 Å². The third kappa shape index (κ3) is 2.93. The van der Waals surface area contributed by atoms with Crippen LogP contribution in [0.3, 0.4) is 0 Å². The molecule has 0 saturated heterocycles. The van der Waals surface area contributed by atoms with Gasteiger partial charge in [-0.3, -0.25) is 4.79 Å².